The lowest BCUT2D eigenvalue weighted by Crippen LogP contribution is -2.31. The fraction of sp³-hybridized carbons (Fsp3) is 0.368. The van der Waals surface area contributed by atoms with Gasteiger partial charge in [0.1, 0.15) is 0 Å². The molecular weight excluding hydrogens is 288 g/mol. The molecule has 0 bridgehead atoms. The molecule has 0 aromatic heterocycles. The number of hydrogen-bond acceptors (Lipinski definition) is 2. The molecule has 4 nitrogen and oxygen atoms in total. The largest absolute Gasteiger partial charge is 0.356 e. The summed E-state index contributed by atoms with van der Waals surface area (Å²) in [5.41, 5.74) is 0.615. The van der Waals surface area contributed by atoms with E-state index in [1.165, 1.54) is 0 Å². The number of carbonyl (C=O) groups excluding carboxylic acids is 2. The van der Waals surface area contributed by atoms with Crippen molar-refractivity contribution in [2.75, 3.05) is 13.1 Å². The van der Waals surface area contributed by atoms with Gasteiger partial charge in [0, 0.05) is 25.1 Å². The highest BCUT2D eigenvalue weighted by molar-refractivity contribution is 5.98. The molecule has 0 heterocycles. The lowest BCUT2D eigenvalue weighted by Gasteiger charge is -2.08. The third kappa shape index (κ3) is 5.40. The van der Waals surface area contributed by atoms with Gasteiger partial charge in [0.2, 0.25) is 5.91 Å². The van der Waals surface area contributed by atoms with Crippen LogP contribution in [0.25, 0.3) is 10.8 Å². The van der Waals surface area contributed by atoms with Crippen LogP contribution in [0.5, 0.6) is 0 Å². The maximum atomic E-state index is 12.1. The molecule has 122 valence electrons. The van der Waals surface area contributed by atoms with Crippen LogP contribution in [0, 0.1) is 5.92 Å². The van der Waals surface area contributed by atoms with Crippen LogP contribution in [-0.2, 0) is 4.79 Å². The van der Waals surface area contributed by atoms with Crippen LogP contribution in [0.15, 0.2) is 42.5 Å². The van der Waals surface area contributed by atoms with Gasteiger partial charge in [0.05, 0.1) is 0 Å². The topological polar surface area (TPSA) is 58.2 Å². The SMILES string of the molecule is CC(C)CCNC(=O)CCNC(=O)c1ccc2ccccc2c1. The van der Waals surface area contributed by atoms with E-state index in [1.807, 2.05) is 36.4 Å². The summed E-state index contributed by atoms with van der Waals surface area (Å²) in [6, 6.07) is 13.5. The number of amides is 2. The van der Waals surface area contributed by atoms with E-state index in [-0.39, 0.29) is 11.8 Å². The van der Waals surface area contributed by atoms with Crippen molar-refractivity contribution in [3.8, 4) is 0 Å². The first-order valence-corrected chi connectivity index (χ1v) is 8.10. The van der Waals surface area contributed by atoms with E-state index in [2.05, 4.69) is 24.5 Å². The van der Waals surface area contributed by atoms with Gasteiger partial charge in [-0.05, 0) is 35.2 Å². The molecule has 23 heavy (non-hydrogen) atoms. The molecule has 0 aliphatic carbocycles. The molecule has 0 radical (unpaired) electrons. The Labute approximate surface area is 137 Å². The zero-order chi connectivity index (χ0) is 16.7. The fourth-order valence-corrected chi connectivity index (χ4v) is 2.31. The lowest BCUT2D eigenvalue weighted by atomic mass is 10.1. The van der Waals surface area contributed by atoms with Gasteiger partial charge in [0.25, 0.3) is 5.91 Å². The van der Waals surface area contributed by atoms with Gasteiger partial charge in [0.15, 0.2) is 0 Å². The molecule has 0 atom stereocenters. The third-order valence-corrected chi connectivity index (χ3v) is 3.69. The average molecular weight is 312 g/mol. The van der Waals surface area contributed by atoms with Crippen LogP contribution in [0.1, 0.15) is 37.0 Å². The number of fused-ring (bicyclic) bond motifs is 1. The molecule has 0 aliphatic heterocycles. The van der Waals surface area contributed by atoms with Crippen molar-refractivity contribution in [3.63, 3.8) is 0 Å². The zero-order valence-corrected chi connectivity index (χ0v) is 13.8. The second-order valence-electron chi connectivity index (χ2n) is 6.10. The van der Waals surface area contributed by atoms with Crippen molar-refractivity contribution in [2.45, 2.75) is 26.7 Å². The number of nitrogens with one attached hydrogen (secondary N) is 2. The van der Waals surface area contributed by atoms with Crippen molar-refractivity contribution in [1.29, 1.82) is 0 Å². The summed E-state index contributed by atoms with van der Waals surface area (Å²) in [4.78, 5) is 23.8. The summed E-state index contributed by atoms with van der Waals surface area (Å²) < 4.78 is 0. The Kier molecular flexibility index (Phi) is 6.15. The van der Waals surface area contributed by atoms with Gasteiger partial charge in [-0.3, -0.25) is 9.59 Å². The van der Waals surface area contributed by atoms with Crippen molar-refractivity contribution < 1.29 is 9.59 Å². The Morgan fingerprint density at radius 3 is 2.43 bits per heavy atom. The summed E-state index contributed by atoms with van der Waals surface area (Å²) in [5.74, 6) is 0.401. The zero-order valence-electron chi connectivity index (χ0n) is 13.8. The maximum absolute atomic E-state index is 12.1. The van der Waals surface area contributed by atoms with E-state index >= 15 is 0 Å². The first-order valence-electron chi connectivity index (χ1n) is 8.10. The molecule has 0 saturated heterocycles. The van der Waals surface area contributed by atoms with Gasteiger partial charge in [-0.15, -0.1) is 0 Å². The van der Waals surface area contributed by atoms with Crippen LogP contribution in [0.2, 0.25) is 0 Å². The molecule has 2 rings (SSSR count). The molecular formula is C19H24N2O2. The Bertz CT molecular complexity index is 680. The average Bonchev–Trinajstić information content (AvgIpc) is 2.54. The van der Waals surface area contributed by atoms with Gasteiger partial charge in [-0.2, -0.15) is 0 Å². The summed E-state index contributed by atoms with van der Waals surface area (Å²) >= 11 is 0. The highest BCUT2D eigenvalue weighted by Gasteiger charge is 2.07. The number of rotatable bonds is 7. The van der Waals surface area contributed by atoms with E-state index in [1.54, 1.807) is 6.07 Å². The molecule has 2 aromatic carbocycles. The van der Waals surface area contributed by atoms with Crippen LogP contribution >= 0.6 is 0 Å². The summed E-state index contributed by atoms with van der Waals surface area (Å²) in [7, 11) is 0. The number of benzene rings is 2. The third-order valence-electron chi connectivity index (χ3n) is 3.69. The maximum Gasteiger partial charge on any atom is 0.251 e. The molecule has 0 aliphatic rings. The first-order chi connectivity index (χ1) is 11.1. The van der Waals surface area contributed by atoms with Crippen LogP contribution in [0.4, 0.5) is 0 Å². The predicted octanol–water partition coefficient (Wildman–Crippen LogP) is 3.12. The second-order valence-corrected chi connectivity index (χ2v) is 6.10. The van der Waals surface area contributed by atoms with E-state index in [9.17, 15) is 9.59 Å². The minimum Gasteiger partial charge on any atom is -0.356 e. The van der Waals surface area contributed by atoms with Gasteiger partial charge >= 0.3 is 0 Å². The molecule has 2 N–H and O–H groups in total. The molecule has 4 heteroatoms. The quantitative estimate of drug-likeness (QED) is 0.825. The van der Waals surface area contributed by atoms with Gasteiger partial charge in [-0.25, -0.2) is 0 Å². The fourth-order valence-electron chi connectivity index (χ4n) is 2.31. The second kappa shape index (κ2) is 8.32. The monoisotopic (exact) mass is 312 g/mol. The van der Waals surface area contributed by atoms with E-state index < -0.39 is 0 Å². The highest BCUT2D eigenvalue weighted by atomic mass is 16.2. The lowest BCUT2D eigenvalue weighted by molar-refractivity contribution is -0.120. The minimum absolute atomic E-state index is 0.0236. The van der Waals surface area contributed by atoms with E-state index in [0.717, 1.165) is 17.2 Å². The minimum atomic E-state index is -0.147. The van der Waals surface area contributed by atoms with E-state index in [0.29, 0.717) is 31.0 Å². The van der Waals surface area contributed by atoms with Crippen molar-refractivity contribution in [1.82, 2.24) is 10.6 Å². The molecule has 0 unspecified atom stereocenters. The Morgan fingerprint density at radius 2 is 1.70 bits per heavy atom. The van der Waals surface area contributed by atoms with E-state index in [4.69, 9.17) is 0 Å². The van der Waals surface area contributed by atoms with Crippen LogP contribution < -0.4 is 10.6 Å². The number of carbonyl (C=O) groups is 2. The van der Waals surface area contributed by atoms with Crippen LogP contribution in [-0.4, -0.2) is 24.9 Å². The molecule has 0 saturated carbocycles. The summed E-state index contributed by atoms with van der Waals surface area (Å²) in [5, 5.41) is 7.79. The Morgan fingerprint density at radius 1 is 0.957 bits per heavy atom. The number of hydrogen-bond donors (Lipinski definition) is 2. The smallest absolute Gasteiger partial charge is 0.251 e. The predicted molar refractivity (Wildman–Crippen MR) is 93.4 cm³/mol. The van der Waals surface area contributed by atoms with Gasteiger partial charge < -0.3 is 10.6 Å². The molecule has 2 aromatic rings. The van der Waals surface area contributed by atoms with Crippen molar-refractivity contribution in [3.05, 3.63) is 48.0 Å². The normalized spacial score (nSPS) is 10.7. The summed E-state index contributed by atoms with van der Waals surface area (Å²) in [6.45, 7) is 5.28. The Hall–Kier alpha value is -2.36. The van der Waals surface area contributed by atoms with Gasteiger partial charge in [-0.1, -0.05) is 44.2 Å². The van der Waals surface area contributed by atoms with Crippen molar-refractivity contribution in [2.24, 2.45) is 5.92 Å². The first kappa shape index (κ1) is 17.0. The standard InChI is InChI=1S/C19H24N2O2/c1-14(2)9-11-20-18(22)10-12-21-19(23)17-8-7-15-5-3-4-6-16(15)13-17/h3-8,13-14H,9-12H2,1-2H3,(H,20,22)(H,21,23). The molecule has 2 amide bonds. The molecule has 0 spiro atoms. The molecule has 0 fully saturated rings. The Balaban J connectivity index is 1.78. The summed E-state index contributed by atoms with van der Waals surface area (Å²) in [6.07, 6.45) is 1.27. The highest BCUT2D eigenvalue weighted by Crippen LogP contribution is 2.15. The van der Waals surface area contributed by atoms with Crippen molar-refractivity contribution >= 4 is 22.6 Å². The van der Waals surface area contributed by atoms with Crippen LogP contribution in [0.3, 0.4) is 0 Å².